The van der Waals surface area contributed by atoms with E-state index in [2.05, 4.69) is 10.3 Å². The molecule has 1 heterocycles. The van der Waals surface area contributed by atoms with E-state index in [4.69, 9.17) is 28.9 Å². The monoisotopic (exact) mass is 384 g/mol. The summed E-state index contributed by atoms with van der Waals surface area (Å²) in [6.07, 6.45) is -2.87. The van der Waals surface area contributed by atoms with E-state index >= 15 is 0 Å². The van der Waals surface area contributed by atoms with Crippen LogP contribution < -0.4 is 5.73 Å². The van der Waals surface area contributed by atoms with E-state index in [9.17, 15) is 18.1 Å². The second-order valence-electron chi connectivity index (χ2n) is 4.35. The normalized spacial score (nSPS) is 11.7. The standard InChI is InChI=1S/C12H9Cl2F3N4OS/c1-23-10-8(4-19-22)20-21(11(10)18)9-6(13)2-5(3-7(9)14)12(15,16)17/h2-3H,4,18H2,1H3. The molecule has 0 aliphatic heterocycles. The van der Waals surface area contributed by atoms with Crippen LogP contribution in [0.2, 0.25) is 10.0 Å². The first-order chi connectivity index (χ1) is 10.7. The van der Waals surface area contributed by atoms with E-state index in [-0.39, 0.29) is 33.8 Å². The van der Waals surface area contributed by atoms with Crippen LogP contribution in [0.4, 0.5) is 19.0 Å². The molecule has 1 aromatic carbocycles. The number of benzene rings is 1. The van der Waals surface area contributed by atoms with Crippen LogP contribution >= 0.6 is 35.0 Å². The Balaban J connectivity index is 2.66. The summed E-state index contributed by atoms with van der Waals surface area (Å²) in [6, 6.07) is 1.47. The van der Waals surface area contributed by atoms with Crippen molar-refractivity contribution in [2.75, 3.05) is 12.0 Å². The number of aromatic nitrogens is 2. The number of thioether (sulfide) groups is 1. The first-order valence-corrected chi connectivity index (χ1v) is 7.95. The number of nitrogen functional groups attached to an aromatic ring is 1. The highest BCUT2D eigenvalue weighted by Gasteiger charge is 2.32. The Morgan fingerprint density at radius 1 is 1.35 bits per heavy atom. The molecule has 5 nitrogen and oxygen atoms in total. The number of nitrogens with two attached hydrogens (primary N) is 1. The summed E-state index contributed by atoms with van der Waals surface area (Å²) in [7, 11) is 0. The van der Waals surface area contributed by atoms with Crippen molar-refractivity contribution in [3.63, 3.8) is 0 Å². The minimum atomic E-state index is -4.58. The van der Waals surface area contributed by atoms with Crippen molar-refractivity contribution < 1.29 is 13.2 Å². The van der Waals surface area contributed by atoms with Gasteiger partial charge in [-0.15, -0.1) is 11.8 Å². The molecule has 2 N–H and O–H groups in total. The van der Waals surface area contributed by atoms with Crippen molar-refractivity contribution in [3.8, 4) is 5.69 Å². The molecule has 2 rings (SSSR count). The van der Waals surface area contributed by atoms with Crippen LogP contribution in [0.25, 0.3) is 5.69 Å². The first-order valence-electron chi connectivity index (χ1n) is 5.97. The van der Waals surface area contributed by atoms with Crippen molar-refractivity contribution in [2.24, 2.45) is 5.18 Å². The third-order valence-electron chi connectivity index (χ3n) is 2.92. The zero-order chi connectivity index (χ0) is 17.4. The maximum absolute atomic E-state index is 12.8. The van der Waals surface area contributed by atoms with Crippen LogP contribution in [0.15, 0.2) is 22.2 Å². The van der Waals surface area contributed by atoms with Crippen molar-refractivity contribution in [1.82, 2.24) is 9.78 Å². The molecule has 0 radical (unpaired) electrons. The molecule has 23 heavy (non-hydrogen) atoms. The molecule has 0 aliphatic rings. The Morgan fingerprint density at radius 2 is 1.91 bits per heavy atom. The minimum Gasteiger partial charge on any atom is -0.383 e. The van der Waals surface area contributed by atoms with Crippen molar-refractivity contribution in [3.05, 3.63) is 38.3 Å². The summed E-state index contributed by atoms with van der Waals surface area (Å²) in [6.45, 7) is -0.233. The lowest BCUT2D eigenvalue weighted by atomic mass is 10.2. The predicted octanol–water partition coefficient (Wildman–Crippen LogP) is 4.77. The second kappa shape index (κ2) is 6.58. The number of nitroso groups, excluding NO2 is 1. The molecule has 0 atom stereocenters. The molecule has 0 spiro atoms. The van der Waals surface area contributed by atoms with E-state index < -0.39 is 11.7 Å². The summed E-state index contributed by atoms with van der Waals surface area (Å²) in [4.78, 5) is 10.9. The van der Waals surface area contributed by atoms with Gasteiger partial charge in [-0.1, -0.05) is 28.4 Å². The topological polar surface area (TPSA) is 73.3 Å². The van der Waals surface area contributed by atoms with Gasteiger partial charge in [0.05, 0.1) is 20.5 Å². The Bertz CT molecular complexity index is 740. The summed E-state index contributed by atoms with van der Waals surface area (Å²) < 4.78 is 39.4. The number of hydrogen-bond acceptors (Lipinski definition) is 5. The smallest absolute Gasteiger partial charge is 0.383 e. The lowest BCUT2D eigenvalue weighted by Gasteiger charge is -2.13. The van der Waals surface area contributed by atoms with E-state index in [1.54, 1.807) is 6.26 Å². The number of halogens is 5. The molecule has 0 fully saturated rings. The van der Waals surface area contributed by atoms with Gasteiger partial charge in [0.1, 0.15) is 23.7 Å². The van der Waals surface area contributed by atoms with Gasteiger partial charge in [-0.05, 0) is 18.4 Å². The highest BCUT2D eigenvalue weighted by molar-refractivity contribution is 7.98. The van der Waals surface area contributed by atoms with E-state index in [0.717, 1.165) is 16.8 Å². The van der Waals surface area contributed by atoms with Crippen LogP contribution in [-0.2, 0) is 12.7 Å². The molecule has 0 aliphatic carbocycles. The van der Waals surface area contributed by atoms with Crippen LogP contribution in [0.3, 0.4) is 0 Å². The fraction of sp³-hybridized carbons (Fsp3) is 0.250. The van der Waals surface area contributed by atoms with Crippen molar-refractivity contribution >= 4 is 40.8 Å². The molecule has 0 unspecified atom stereocenters. The molecule has 11 heteroatoms. The second-order valence-corrected chi connectivity index (χ2v) is 5.98. The molecule has 0 saturated carbocycles. The molecule has 2 aromatic rings. The van der Waals surface area contributed by atoms with E-state index in [0.29, 0.717) is 4.90 Å². The molecule has 0 saturated heterocycles. The highest BCUT2D eigenvalue weighted by Crippen LogP contribution is 2.39. The Kier molecular flexibility index (Phi) is 5.12. The summed E-state index contributed by atoms with van der Waals surface area (Å²) in [5, 5.41) is 6.29. The van der Waals surface area contributed by atoms with Crippen molar-refractivity contribution in [1.29, 1.82) is 0 Å². The highest BCUT2D eigenvalue weighted by atomic mass is 35.5. The molecule has 124 valence electrons. The van der Waals surface area contributed by atoms with Gasteiger partial charge in [-0.2, -0.15) is 23.2 Å². The SMILES string of the molecule is CSc1c(CN=O)nn(-c2c(Cl)cc(C(F)(F)F)cc2Cl)c1N. The maximum Gasteiger partial charge on any atom is 0.416 e. The molecular formula is C12H9Cl2F3N4OS. The fourth-order valence-electron chi connectivity index (χ4n) is 1.95. The number of alkyl halides is 3. The van der Waals surface area contributed by atoms with Gasteiger partial charge in [0, 0.05) is 0 Å². The Morgan fingerprint density at radius 3 is 2.35 bits per heavy atom. The third kappa shape index (κ3) is 3.41. The van der Waals surface area contributed by atoms with Gasteiger partial charge in [0.25, 0.3) is 0 Å². The molecular weight excluding hydrogens is 376 g/mol. The lowest BCUT2D eigenvalue weighted by molar-refractivity contribution is -0.137. The Hall–Kier alpha value is -1.45. The average molecular weight is 385 g/mol. The first kappa shape index (κ1) is 17.9. The number of rotatable bonds is 4. The van der Waals surface area contributed by atoms with Gasteiger partial charge < -0.3 is 5.73 Å². The van der Waals surface area contributed by atoms with E-state index in [1.807, 2.05) is 0 Å². The van der Waals surface area contributed by atoms with Crippen LogP contribution in [0.1, 0.15) is 11.3 Å². The van der Waals surface area contributed by atoms with Gasteiger partial charge in [-0.25, -0.2) is 4.68 Å². The van der Waals surface area contributed by atoms with Crippen LogP contribution in [0.5, 0.6) is 0 Å². The summed E-state index contributed by atoms with van der Waals surface area (Å²) >= 11 is 13.1. The predicted molar refractivity (Wildman–Crippen MR) is 84.3 cm³/mol. The number of hydrogen-bond donors (Lipinski definition) is 1. The fourth-order valence-corrected chi connectivity index (χ4v) is 3.24. The quantitative estimate of drug-likeness (QED) is 0.608. The third-order valence-corrected chi connectivity index (χ3v) is 4.35. The van der Waals surface area contributed by atoms with Crippen LogP contribution in [-0.4, -0.2) is 16.0 Å². The molecule has 1 aromatic heterocycles. The summed E-state index contributed by atoms with van der Waals surface area (Å²) in [5.41, 5.74) is 5.25. The number of nitrogens with zero attached hydrogens (tertiary/aromatic N) is 3. The number of anilines is 1. The largest absolute Gasteiger partial charge is 0.416 e. The van der Waals surface area contributed by atoms with Gasteiger partial charge >= 0.3 is 6.18 Å². The van der Waals surface area contributed by atoms with Gasteiger partial charge in [0.2, 0.25) is 0 Å². The average Bonchev–Trinajstić information content (AvgIpc) is 2.74. The van der Waals surface area contributed by atoms with E-state index in [1.165, 1.54) is 11.8 Å². The zero-order valence-corrected chi connectivity index (χ0v) is 13.8. The summed E-state index contributed by atoms with van der Waals surface area (Å²) in [5.74, 6) is 0.111. The van der Waals surface area contributed by atoms with Crippen LogP contribution in [0, 0.1) is 4.91 Å². The lowest BCUT2D eigenvalue weighted by Crippen LogP contribution is -2.08. The van der Waals surface area contributed by atoms with Crippen molar-refractivity contribution in [2.45, 2.75) is 17.6 Å². The van der Waals surface area contributed by atoms with Gasteiger partial charge in [0.15, 0.2) is 0 Å². The van der Waals surface area contributed by atoms with Gasteiger partial charge in [-0.3, -0.25) is 0 Å². The maximum atomic E-state index is 12.8. The zero-order valence-electron chi connectivity index (χ0n) is 11.5. The minimum absolute atomic E-state index is 0.00582. The molecule has 0 bridgehead atoms. The Labute approximate surface area is 142 Å². The molecule has 0 amide bonds.